The van der Waals surface area contributed by atoms with E-state index >= 15 is 0 Å². The fourth-order valence-corrected chi connectivity index (χ4v) is 2.93. The molecule has 0 fully saturated rings. The van der Waals surface area contributed by atoms with Crippen LogP contribution < -0.4 is 15.4 Å². The van der Waals surface area contributed by atoms with Gasteiger partial charge in [-0.25, -0.2) is 17.9 Å². The second kappa shape index (κ2) is 9.99. The number of nitro groups is 1. The standard InChI is InChI=1S/C16H24N4O7S/c1-16(2,3)27-15(22)18-9-8-14(21)17-10-11-19-28(25,26)13-6-4-12(5-7-13)20(23)24/h4-7,19H,8-11H2,1-3H3,(H,17,21)(H,18,22). The molecule has 1 rings (SSSR count). The first-order chi connectivity index (χ1) is 12.9. The van der Waals surface area contributed by atoms with Crippen LogP contribution in [-0.2, 0) is 19.6 Å². The van der Waals surface area contributed by atoms with Crippen LogP contribution in [0.2, 0.25) is 0 Å². The molecule has 0 aliphatic carbocycles. The van der Waals surface area contributed by atoms with E-state index in [0.29, 0.717) is 0 Å². The van der Waals surface area contributed by atoms with Gasteiger partial charge in [-0.1, -0.05) is 0 Å². The Kier molecular flexibility index (Phi) is 8.32. The molecular formula is C16H24N4O7S. The van der Waals surface area contributed by atoms with Crippen LogP contribution in [0.1, 0.15) is 27.2 Å². The molecule has 0 saturated heterocycles. The number of amides is 2. The third kappa shape index (κ3) is 8.77. The molecule has 11 nitrogen and oxygen atoms in total. The van der Waals surface area contributed by atoms with E-state index in [0.717, 1.165) is 24.3 Å². The van der Waals surface area contributed by atoms with Crippen molar-refractivity contribution in [2.75, 3.05) is 19.6 Å². The van der Waals surface area contributed by atoms with Gasteiger partial charge in [-0.05, 0) is 32.9 Å². The molecule has 0 saturated carbocycles. The maximum atomic E-state index is 12.1. The van der Waals surface area contributed by atoms with Crippen molar-refractivity contribution in [1.82, 2.24) is 15.4 Å². The predicted octanol–water partition coefficient (Wildman–Crippen LogP) is 0.904. The molecule has 0 unspecified atom stereocenters. The van der Waals surface area contributed by atoms with E-state index in [1.807, 2.05) is 0 Å². The highest BCUT2D eigenvalue weighted by Gasteiger charge is 2.17. The highest BCUT2D eigenvalue weighted by molar-refractivity contribution is 7.89. The quantitative estimate of drug-likeness (QED) is 0.307. The molecule has 3 N–H and O–H groups in total. The number of sulfonamides is 1. The maximum absolute atomic E-state index is 12.1. The Morgan fingerprint density at radius 3 is 2.21 bits per heavy atom. The lowest BCUT2D eigenvalue weighted by Crippen LogP contribution is -2.37. The zero-order valence-electron chi connectivity index (χ0n) is 15.9. The molecule has 156 valence electrons. The molecule has 0 spiro atoms. The van der Waals surface area contributed by atoms with Crippen molar-refractivity contribution in [3.8, 4) is 0 Å². The molecule has 0 aliphatic heterocycles. The van der Waals surface area contributed by atoms with Gasteiger partial charge in [0, 0.05) is 38.2 Å². The highest BCUT2D eigenvalue weighted by atomic mass is 32.2. The minimum atomic E-state index is -3.84. The number of alkyl carbamates (subject to hydrolysis) is 1. The van der Waals surface area contributed by atoms with Gasteiger partial charge < -0.3 is 15.4 Å². The first-order valence-electron chi connectivity index (χ1n) is 8.38. The number of nitro benzene ring substituents is 1. The Morgan fingerprint density at radius 1 is 1.07 bits per heavy atom. The highest BCUT2D eigenvalue weighted by Crippen LogP contribution is 2.15. The van der Waals surface area contributed by atoms with E-state index < -0.39 is 26.6 Å². The smallest absolute Gasteiger partial charge is 0.407 e. The lowest BCUT2D eigenvalue weighted by molar-refractivity contribution is -0.384. The van der Waals surface area contributed by atoms with Crippen LogP contribution in [0.25, 0.3) is 0 Å². The van der Waals surface area contributed by atoms with Crippen molar-refractivity contribution in [1.29, 1.82) is 0 Å². The molecular weight excluding hydrogens is 392 g/mol. The van der Waals surface area contributed by atoms with Gasteiger partial charge in [0.1, 0.15) is 5.60 Å². The number of hydrogen-bond acceptors (Lipinski definition) is 7. The first kappa shape index (κ1) is 23.3. The Bertz CT molecular complexity index is 801. The van der Waals surface area contributed by atoms with Crippen molar-refractivity contribution >= 4 is 27.7 Å². The molecule has 28 heavy (non-hydrogen) atoms. The SMILES string of the molecule is CC(C)(C)OC(=O)NCCC(=O)NCCNS(=O)(=O)c1ccc([N+](=O)[O-])cc1. The summed E-state index contributed by atoms with van der Waals surface area (Å²) in [6, 6.07) is 4.44. The monoisotopic (exact) mass is 416 g/mol. The number of non-ortho nitro benzene ring substituents is 1. The van der Waals surface area contributed by atoms with E-state index in [9.17, 15) is 28.1 Å². The molecule has 0 bridgehead atoms. The van der Waals surface area contributed by atoms with E-state index in [-0.39, 0.29) is 42.5 Å². The van der Waals surface area contributed by atoms with Gasteiger partial charge in [-0.2, -0.15) is 0 Å². The topological polar surface area (TPSA) is 157 Å². The van der Waals surface area contributed by atoms with Crippen LogP contribution >= 0.6 is 0 Å². The van der Waals surface area contributed by atoms with Gasteiger partial charge in [0.2, 0.25) is 15.9 Å². The van der Waals surface area contributed by atoms with Crippen molar-refractivity contribution < 1.29 is 27.7 Å². The number of hydrogen-bond donors (Lipinski definition) is 3. The van der Waals surface area contributed by atoms with E-state index in [4.69, 9.17) is 4.74 Å². The molecule has 2 amide bonds. The molecule has 1 aromatic rings. The Balaban J connectivity index is 2.30. The number of benzene rings is 1. The minimum Gasteiger partial charge on any atom is -0.444 e. The normalized spacial score (nSPS) is 11.5. The fourth-order valence-electron chi connectivity index (χ4n) is 1.90. The summed E-state index contributed by atoms with van der Waals surface area (Å²) in [7, 11) is -3.84. The van der Waals surface area contributed by atoms with Crippen LogP contribution in [0.5, 0.6) is 0 Å². The summed E-state index contributed by atoms with van der Waals surface area (Å²) in [5.74, 6) is -0.370. The van der Waals surface area contributed by atoms with Crippen LogP contribution in [-0.4, -0.2) is 50.6 Å². The summed E-state index contributed by atoms with van der Waals surface area (Å²) in [5.41, 5.74) is -0.848. The van der Waals surface area contributed by atoms with E-state index in [1.54, 1.807) is 20.8 Å². The predicted molar refractivity (Wildman–Crippen MR) is 100 cm³/mol. The largest absolute Gasteiger partial charge is 0.444 e. The molecule has 12 heteroatoms. The van der Waals surface area contributed by atoms with Crippen molar-refractivity contribution in [3.05, 3.63) is 34.4 Å². The Labute approximate surface area is 163 Å². The molecule has 0 heterocycles. The van der Waals surface area contributed by atoms with Crippen LogP contribution in [0.3, 0.4) is 0 Å². The summed E-state index contributed by atoms with van der Waals surface area (Å²) in [4.78, 5) is 32.9. The molecule has 0 aromatic heterocycles. The van der Waals surface area contributed by atoms with Gasteiger partial charge in [0.05, 0.1) is 9.82 Å². The minimum absolute atomic E-state index is 0.00828. The maximum Gasteiger partial charge on any atom is 0.407 e. The van der Waals surface area contributed by atoms with Gasteiger partial charge >= 0.3 is 6.09 Å². The van der Waals surface area contributed by atoms with Gasteiger partial charge in [-0.15, -0.1) is 0 Å². The summed E-state index contributed by atoms with van der Waals surface area (Å²) < 4.78 is 31.4. The molecule has 0 aliphatic rings. The Morgan fingerprint density at radius 2 is 1.68 bits per heavy atom. The first-order valence-corrected chi connectivity index (χ1v) is 9.87. The molecule has 0 radical (unpaired) electrons. The van der Waals surface area contributed by atoms with Gasteiger partial charge in [0.15, 0.2) is 0 Å². The third-order valence-electron chi connectivity index (χ3n) is 3.12. The number of nitrogens with zero attached hydrogens (tertiary/aromatic N) is 1. The van der Waals surface area contributed by atoms with Gasteiger partial charge in [0.25, 0.3) is 5.69 Å². The van der Waals surface area contributed by atoms with Crippen molar-refractivity contribution in [2.24, 2.45) is 0 Å². The number of carbonyl (C=O) groups excluding carboxylic acids is 2. The molecule has 1 aromatic carbocycles. The third-order valence-corrected chi connectivity index (χ3v) is 4.59. The Hall–Kier alpha value is -2.73. The second-order valence-electron chi connectivity index (χ2n) is 6.68. The zero-order valence-corrected chi connectivity index (χ0v) is 16.7. The van der Waals surface area contributed by atoms with Crippen LogP contribution in [0.4, 0.5) is 10.5 Å². The average Bonchev–Trinajstić information content (AvgIpc) is 2.57. The van der Waals surface area contributed by atoms with E-state index in [2.05, 4.69) is 15.4 Å². The summed E-state index contributed by atoms with van der Waals surface area (Å²) in [6.07, 6.45) is -0.620. The number of carbonyl (C=O) groups is 2. The second-order valence-corrected chi connectivity index (χ2v) is 8.44. The van der Waals surface area contributed by atoms with E-state index in [1.165, 1.54) is 0 Å². The lowest BCUT2D eigenvalue weighted by Gasteiger charge is -2.19. The number of rotatable bonds is 9. The average molecular weight is 416 g/mol. The lowest BCUT2D eigenvalue weighted by atomic mass is 10.2. The van der Waals surface area contributed by atoms with Crippen molar-refractivity contribution in [2.45, 2.75) is 37.7 Å². The zero-order chi connectivity index (χ0) is 21.4. The van der Waals surface area contributed by atoms with Gasteiger partial charge in [-0.3, -0.25) is 14.9 Å². The fraction of sp³-hybridized carbons (Fsp3) is 0.500. The van der Waals surface area contributed by atoms with Crippen LogP contribution in [0, 0.1) is 10.1 Å². The summed E-state index contributed by atoms with van der Waals surface area (Å²) in [6.45, 7) is 5.21. The number of nitrogens with one attached hydrogen (secondary N) is 3. The van der Waals surface area contributed by atoms with Crippen LogP contribution in [0.15, 0.2) is 29.2 Å². The number of ether oxygens (including phenoxy) is 1. The molecule has 0 atom stereocenters. The van der Waals surface area contributed by atoms with Crippen molar-refractivity contribution in [3.63, 3.8) is 0 Å². The summed E-state index contributed by atoms with van der Waals surface area (Å²) in [5, 5.41) is 15.5. The summed E-state index contributed by atoms with van der Waals surface area (Å²) >= 11 is 0.